The van der Waals surface area contributed by atoms with Gasteiger partial charge in [-0.15, -0.1) is 0 Å². The Morgan fingerprint density at radius 2 is 2.19 bits per heavy atom. The molecule has 0 saturated carbocycles. The highest BCUT2D eigenvalue weighted by Crippen LogP contribution is 2.40. The summed E-state index contributed by atoms with van der Waals surface area (Å²) in [5.41, 5.74) is -0.692. The first-order valence-electron chi connectivity index (χ1n) is 5.97. The molecule has 21 heavy (non-hydrogen) atoms. The fraction of sp³-hybridized carbons (Fsp3) is 0.333. The summed E-state index contributed by atoms with van der Waals surface area (Å²) in [7, 11) is 0. The molecule has 0 aromatic heterocycles. The lowest BCUT2D eigenvalue weighted by Gasteiger charge is -2.18. The smallest absolute Gasteiger partial charge is 0.335 e. The lowest BCUT2D eigenvalue weighted by Crippen LogP contribution is -2.26. The molecule has 8 nitrogen and oxygen atoms in total. The molecule has 1 amide bonds. The molecule has 1 aliphatic heterocycles. The van der Waals surface area contributed by atoms with Crippen LogP contribution in [0, 0.1) is 16.0 Å². The standard InChI is InChI=1S/C12H11BrN2O6/c13-8-2-7(12(18)19)3-9(15(20)21)11(8)14-4-6(5-16)1-10(14)17/h2-3,6,16H,1,4-5H2,(H,18,19). The summed E-state index contributed by atoms with van der Waals surface area (Å²) in [6, 6.07) is 2.13. The Bertz CT molecular complexity index is 632. The van der Waals surface area contributed by atoms with Crippen molar-refractivity contribution in [3.63, 3.8) is 0 Å². The van der Waals surface area contributed by atoms with Crippen LogP contribution in [-0.4, -0.2) is 40.2 Å². The molecular weight excluding hydrogens is 348 g/mol. The van der Waals surface area contributed by atoms with E-state index >= 15 is 0 Å². The van der Waals surface area contributed by atoms with Gasteiger partial charge in [-0.05, 0) is 22.0 Å². The van der Waals surface area contributed by atoms with Gasteiger partial charge in [-0.1, -0.05) is 0 Å². The van der Waals surface area contributed by atoms with E-state index in [1.807, 2.05) is 0 Å². The molecule has 2 rings (SSSR count). The van der Waals surface area contributed by atoms with Crippen molar-refractivity contribution in [2.45, 2.75) is 6.42 Å². The summed E-state index contributed by atoms with van der Waals surface area (Å²) in [5, 5.41) is 29.2. The van der Waals surface area contributed by atoms with Crippen molar-refractivity contribution in [2.24, 2.45) is 5.92 Å². The predicted molar refractivity (Wildman–Crippen MR) is 75.3 cm³/mol. The van der Waals surface area contributed by atoms with Gasteiger partial charge < -0.3 is 15.1 Å². The maximum absolute atomic E-state index is 11.9. The number of nitrogens with zero attached hydrogens (tertiary/aromatic N) is 2. The fourth-order valence-electron chi connectivity index (χ4n) is 2.23. The number of hydrogen-bond acceptors (Lipinski definition) is 5. The van der Waals surface area contributed by atoms with E-state index in [0.29, 0.717) is 0 Å². The van der Waals surface area contributed by atoms with E-state index in [2.05, 4.69) is 15.9 Å². The number of carbonyl (C=O) groups is 2. The van der Waals surface area contributed by atoms with Crippen molar-refractivity contribution in [1.29, 1.82) is 0 Å². The third-order valence-corrected chi connectivity index (χ3v) is 3.82. The number of anilines is 1. The maximum Gasteiger partial charge on any atom is 0.335 e. The van der Waals surface area contributed by atoms with E-state index in [9.17, 15) is 19.7 Å². The molecule has 9 heteroatoms. The summed E-state index contributed by atoms with van der Waals surface area (Å²) in [4.78, 5) is 34.6. The first-order chi connectivity index (χ1) is 9.85. The molecule has 1 aromatic carbocycles. The normalized spacial score (nSPS) is 18.1. The fourth-order valence-corrected chi connectivity index (χ4v) is 2.90. The van der Waals surface area contributed by atoms with Crippen LogP contribution in [0.4, 0.5) is 11.4 Å². The van der Waals surface area contributed by atoms with Crippen LogP contribution in [0.25, 0.3) is 0 Å². The molecule has 1 saturated heterocycles. The third-order valence-electron chi connectivity index (χ3n) is 3.22. The molecule has 1 aliphatic rings. The van der Waals surface area contributed by atoms with Gasteiger partial charge in [0.1, 0.15) is 5.69 Å². The number of aliphatic hydroxyl groups is 1. The number of aromatic carboxylic acids is 1. The molecule has 0 aliphatic carbocycles. The maximum atomic E-state index is 11.9. The molecule has 1 aromatic rings. The first kappa shape index (κ1) is 15.4. The molecule has 112 valence electrons. The van der Waals surface area contributed by atoms with Crippen molar-refractivity contribution >= 4 is 39.2 Å². The van der Waals surface area contributed by atoms with Gasteiger partial charge in [0, 0.05) is 36.0 Å². The minimum Gasteiger partial charge on any atom is -0.478 e. The number of hydrogen-bond donors (Lipinski definition) is 2. The van der Waals surface area contributed by atoms with Gasteiger partial charge in [-0.3, -0.25) is 14.9 Å². The molecule has 0 radical (unpaired) electrons. The summed E-state index contributed by atoms with van der Waals surface area (Å²) in [6.07, 6.45) is 0.0980. The zero-order valence-electron chi connectivity index (χ0n) is 10.7. The van der Waals surface area contributed by atoms with Gasteiger partial charge in [-0.2, -0.15) is 0 Å². The Kier molecular flexibility index (Phi) is 4.24. The number of amides is 1. The van der Waals surface area contributed by atoms with Crippen LogP contribution in [0.1, 0.15) is 16.8 Å². The Labute approximate surface area is 127 Å². The summed E-state index contributed by atoms with van der Waals surface area (Å²) >= 11 is 3.09. The van der Waals surface area contributed by atoms with E-state index in [-0.39, 0.29) is 47.1 Å². The number of halogens is 1. The molecule has 1 unspecified atom stereocenters. The van der Waals surface area contributed by atoms with Crippen LogP contribution in [0.15, 0.2) is 16.6 Å². The van der Waals surface area contributed by atoms with Crippen LogP contribution in [-0.2, 0) is 4.79 Å². The predicted octanol–water partition coefficient (Wildman–Crippen LogP) is 1.40. The van der Waals surface area contributed by atoms with Crippen molar-refractivity contribution in [3.8, 4) is 0 Å². The Morgan fingerprint density at radius 1 is 1.52 bits per heavy atom. The van der Waals surface area contributed by atoms with E-state index in [4.69, 9.17) is 10.2 Å². The minimum absolute atomic E-state index is 0.0194. The summed E-state index contributed by atoms with van der Waals surface area (Å²) in [6.45, 7) is -0.0396. The van der Waals surface area contributed by atoms with Crippen LogP contribution in [0.2, 0.25) is 0 Å². The van der Waals surface area contributed by atoms with E-state index in [0.717, 1.165) is 6.07 Å². The number of nitro benzene ring substituents is 1. The largest absolute Gasteiger partial charge is 0.478 e. The average molecular weight is 359 g/mol. The lowest BCUT2D eigenvalue weighted by atomic mass is 10.1. The summed E-state index contributed by atoms with van der Waals surface area (Å²) in [5.74, 6) is -1.93. The second kappa shape index (κ2) is 5.78. The van der Waals surface area contributed by atoms with E-state index < -0.39 is 16.6 Å². The van der Waals surface area contributed by atoms with Gasteiger partial charge in [0.2, 0.25) is 5.91 Å². The van der Waals surface area contributed by atoms with Gasteiger partial charge in [0.05, 0.1) is 10.5 Å². The van der Waals surface area contributed by atoms with Crippen LogP contribution in [0.3, 0.4) is 0 Å². The summed E-state index contributed by atoms with van der Waals surface area (Å²) < 4.78 is 0.154. The second-order valence-electron chi connectivity index (χ2n) is 4.65. The highest BCUT2D eigenvalue weighted by molar-refractivity contribution is 9.10. The van der Waals surface area contributed by atoms with Crippen LogP contribution < -0.4 is 4.90 Å². The second-order valence-corrected chi connectivity index (χ2v) is 5.50. The molecule has 0 bridgehead atoms. The SMILES string of the molecule is O=C(O)c1cc(Br)c(N2CC(CO)CC2=O)c([N+](=O)[O-])c1. The molecule has 1 heterocycles. The van der Waals surface area contributed by atoms with Crippen molar-refractivity contribution in [2.75, 3.05) is 18.1 Å². The number of carbonyl (C=O) groups excluding carboxylic acids is 1. The molecule has 1 atom stereocenters. The number of carboxylic acids is 1. The number of rotatable bonds is 4. The first-order valence-corrected chi connectivity index (χ1v) is 6.77. The van der Waals surface area contributed by atoms with Gasteiger partial charge in [-0.25, -0.2) is 4.79 Å². The van der Waals surface area contributed by atoms with Crippen molar-refractivity contribution in [1.82, 2.24) is 0 Å². The molecule has 2 N–H and O–H groups in total. The zero-order chi connectivity index (χ0) is 15.7. The average Bonchev–Trinajstić information content (AvgIpc) is 2.78. The minimum atomic E-state index is -1.30. The van der Waals surface area contributed by atoms with Gasteiger partial charge in [0.15, 0.2) is 0 Å². The third kappa shape index (κ3) is 2.88. The monoisotopic (exact) mass is 358 g/mol. The van der Waals surface area contributed by atoms with Gasteiger partial charge >= 0.3 is 5.97 Å². The Morgan fingerprint density at radius 3 is 2.67 bits per heavy atom. The molecular formula is C12H11BrN2O6. The molecule has 0 spiro atoms. The molecule has 1 fully saturated rings. The Balaban J connectivity index is 2.55. The topological polar surface area (TPSA) is 121 Å². The number of nitro groups is 1. The lowest BCUT2D eigenvalue weighted by molar-refractivity contribution is -0.384. The van der Waals surface area contributed by atoms with Crippen molar-refractivity contribution < 1.29 is 24.7 Å². The Hall–Kier alpha value is -2.00. The van der Waals surface area contributed by atoms with Crippen molar-refractivity contribution in [3.05, 3.63) is 32.3 Å². The van der Waals surface area contributed by atoms with Crippen LogP contribution >= 0.6 is 15.9 Å². The highest BCUT2D eigenvalue weighted by atomic mass is 79.9. The van der Waals surface area contributed by atoms with E-state index in [1.165, 1.54) is 11.0 Å². The van der Waals surface area contributed by atoms with E-state index in [1.54, 1.807) is 0 Å². The number of aliphatic hydroxyl groups excluding tert-OH is 1. The quantitative estimate of drug-likeness (QED) is 0.619. The highest BCUT2D eigenvalue weighted by Gasteiger charge is 2.36. The van der Waals surface area contributed by atoms with Gasteiger partial charge in [0.25, 0.3) is 5.69 Å². The van der Waals surface area contributed by atoms with Crippen LogP contribution in [0.5, 0.6) is 0 Å². The number of benzene rings is 1. The zero-order valence-corrected chi connectivity index (χ0v) is 12.2. The number of carboxylic acid groups (broad SMARTS) is 1.